The molecular weight excluding hydrogens is 186 g/mol. The summed E-state index contributed by atoms with van der Waals surface area (Å²) in [4.78, 5) is 23.2. The van der Waals surface area contributed by atoms with Gasteiger partial charge in [0.1, 0.15) is 0 Å². The molecule has 0 unspecified atom stereocenters. The minimum Gasteiger partial charge on any atom is -0.323 e. The van der Waals surface area contributed by atoms with Gasteiger partial charge in [0.2, 0.25) is 0 Å². The summed E-state index contributed by atoms with van der Waals surface area (Å²) in [6.07, 6.45) is 1.54. The fourth-order valence-electron chi connectivity index (χ4n) is 1.38. The summed E-state index contributed by atoms with van der Waals surface area (Å²) in [6.45, 7) is 1.62. The molecule has 0 amide bonds. The van der Waals surface area contributed by atoms with Gasteiger partial charge in [0.15, 0.2) is 0 Å². The summed E-state index contributed by atoms with van der Waals surface area (Å²) in [7, 11) is 0. The van der Waals surface area contributed by atoms with Crippen LogP contribution in [0, 0.1) is 10.1 Å². The van der Waals surface area contributed by atoms with Crippen molar-refractivity contribution in [3.8, 4) is 0 Å². The molecule has 1 fully saturated rings. The fraction of sp³-hybridized carbons (Fsp3) is 0.375. The molecule has 0 atom stereocenters. The number of aromatic nitrogens is 1. The van der Waals surface area contributed by atoms with Crippen molar-refractivity contribution in [2.45, 2.75) is 5.92 Å². The van der Waals surface area contributed by atoms with Gasteiger partial charge in [0.25, 0.3) is 0 Å². The molecule has 6 nitrogen and oxygen atoms in total. The Balaban J connectivity index is 2.40. The third-order valence-corrected chi connectivity index (χ3v) is 2.36. The molecule has 1 aliphatic heterocycles. The average molecular weight is 195 g/mol. The zero-order valence-corrected chi connectivity index (χ0v) is 7.32. The Hall–Kier alpha value is -1.69. The lowest BCUT2D eigenvalue weighted by Gasteiger charge is -2.26. The van der Waals surface area contributed by atoms with E-state index in [1.165, 1.54) is 6.07 Å². The average Bonchev–Trinajstić information content (AvgIpc) is 2.04. The van der Waals surface area contributed by atoms with Crippen LogP contribution in [0.2, 0.25) is 0 Å². The number of nitro groups is 1. The predicted molar refractivity (Wildman–Crippen MR) is 49.3 cm³/mol. The van der Waals surface area contributed by atoms with Gasteiger partial charge in [0.05, 0.1) is 4.92 Å². The molecule has 0 saturated carbocycles. The molecule has 14 heavy (non-hydrogen) atoms. The van der Waals surface area contributed by atoms with E-state index in [1.54, 1.807) is 6.20 Å². The molecule has 6 heteroatoms. The maximum Gasteiger partial charge on any atom is 0.334 e. The van der Waals surface area contributed by atoms with Crippen LogP contribution in [0.1, 0.15) is 11.5 Å². The number of hydrogen-bond donors (Lipinski definition) is 2. The van der Waals surface area contributed by atoms with Gasteiger partial charge in [-0.1, -0.05) is 0 Å². The summed E-state index contributed by atoms with van der Waals surface area (Å²) in [5, 5.41) is 13.5. The maximum absolute atomic E-state index is 11.0. The molecule has 1 aliphatic rings. The second-order valence-corrected chi connectivity index (χ2v) is 3.26. The third-order valence-electron chi connectivity index (χ3n) is 2.36. The summed E-state index contributed by atoms with van der Waals surface area (Å²) in [5.74, 6) is 0.283. The number of nitrogens with one attached hydrogen (secondary N) is 2. The molecule has 2 heterocycles. The molecule has 74 valence electrons. The first kappa shape index (κ1) is 8.89. The lowest BCUT2D eigenvalue weighted by molar-refractivity contribution is -0.386. The van der Waals surface area contributed by atoms with Crippen LogP contribution >= 0.6 is 0 Å². The highest BCUT2D eigenvalue weighted by Gasteiger charge is 2.22. The first-order valence-corrected chi connectivity index (χ1v) is 4.26. The minimum atomic E-state index is -0.658. The summed E-state index contributed by atoms with van der Waals surface area (Å²) >= 11 is 0. The highest BCUT2D eigenvalue weighted by molar-refractivity contribution is 5.33. The van der Waals surface area contributed by atoms with Crippen LogP contribution in [0.5, 0.6) is 0 Å². The SMILES string of the molecule is O=c1[nH]cc(C2CNC2)cc1[N+](=O)[O-]. The van der Waals surface area contributed by atoms with Gasteiger partial charge in [0, 0.05) is 31.3 Å². The van der Waals surface area contributed by atoms with Gasteiger partial charge < -0.3 is 10.3 Å². The van der Waals surface area contributed by atoms with Crippen LogP contribution in [0.3, 0.4) is 0 Å². The molecule has 2 N–H and O–H groups in total. The molecular formula is C8H9N3O3. The van der Waals surface area contributed by atoms with Crippen molar-refractivity contribution in [1.82, 2.24) is 10.3 Å². The smallest absolute Gasteiger partial charge is 0.323 e. The van der Waals surface area contributed by atoms with E-state index >= 15 is 0 Å². The van der Waals surface area contributed by atoms with Gasteiger partial charge in [-0.2, -0.15) is 0 Å². The molecule has 0 bridgehead atoms. The number of aromatic amines is 1. The van der Waals surface area contributed by atoms with E-state index in [0.717, 1.165) is 18.7 Å². The molecule has 0 aromatic carbocycles. The van der Waals surface area contributed by atoms with Crippen LogP contribution in [-0.4, -0.2) is 23.0 Å². The normalized spacial score (nSPS) is 16.3. The molecule has 1 saturated heterocycles. The van der Waals surface area contributed by atoms with Crippen molar-refractivity contribution >= 4 is 5.69 Å². The number of H-pyrrole nitrogens is 1. The topological polar surface area (TPSA) is 88.0 Å². The zero-order chi connectivity index (χ0) is 10.1. The standard InChI is InChI=1S/C8H9N3O3/c12-8-7(11(13)14)1-5(4-10-8)6-2-9-3-6/h1,4,6,9H,2-3H2,(H,10,12). The summed E-state index contributed by atoms with van der Waals surface area (Å²) in [6, 6.07) is 1.35. The van der Waals surface area contributed by atoms with E-state index in [2.05, 4.69) is 10.3 Å². The van der Waals surface area contributed by atoms with E-state index in [0.29, 0.717) is 0 Å². The Morgan fingerprint density at radius 3 is 2.71 bits per heavy atom. The quantitative estimate of drug-likeness (QED) is 0.512. The Bertz CT molecular complexity index is 422. The summed E-state index contributed by atoms with van der Waals surface area (Å²) in [5.41, 5.74) is -0.213. The van der Waals surface area contributed by atoms with E-state index in [9.17, 15) is 14.9 Å². The lowest BCUT2D eigenvalue weighted by Crippen LogP contribution is -2.40. The first-order chi connectivity index (χ1) is 6.68. The van der Waals surface area contributed by atoms with Gasteiger partial charge in [-0.3, -0.25) is 14.9 Å². The predicted octanol–water partition coefficient (Wildman–Crippen LogP) is -0.0301. The number of pyridine rings is 1. The fourth-order valence-corrected chi connectivity index (χ4v) is 1.38. The van der Waals surface area contributed by atoms with E-state index < -0.39 is 10.5 Å². The molecule has 2 rings (SSSR count). The van der Waals surface area contributed by atoms with Crippen molar-refractivity contribution in [3.63, 3.8) is 0 Å². The van der Waals surface area contributed by atoms with Gasteiger partial charge in [-0.25, -0.2) is 0 Å². The Labute approximate surface area is 79.1 Å². The largest absolute Gasteiger partial charge is 0.334 e. The molecule has 0 spiro atoms. The Kier molecular flexibility index (Phi) is 2.05. The van der Waals surface area contributed by atoms with Crippen LogP contribution < -0.4 is 10.9 Å². The van der Waals surface area contributed by atoms with Gasteiger partial charge in [-0.05, 0) is 5.56 Å². The summed E-state index contributed by atoms with van der Waals surface area (Å²) < 4.78 is 0. The Morgan fingerprint density at radius 1 is 1.50 bits per heavy atom. The second kappa shape index (κ2) is 3.22. The second-order valence-electron chi connectivity index (χ2n) is 3.26. The highest BCUT2D eigenvalue weighted by atomic mass is 16.6. The molecule has 1 aromatic heterocycles. The van der Waals surface area contributed by atoms with Crippen molar-refractivity contribution < 1.29 is 4.92 Å². The molecule has 0 aliphatic carbocycles. The van der Waals surface area contributed by atoms with Crippen LogP contribution in [0.15, 0.2) is 17.1 Å². The lowest BCUT2D eigenvalue weighted by atomic mass is 9.95. The van der Waals surface area contributed by atoms with Crippen molar-refractivity contribution in [1.29, 1.82) is 0 Å². The number of rotatable bonds is 2. The van der Waals surface area contributed by atoms with Crippen LogP contribution in [-0.2, 0) is 0 Å². The minimum absolute atomic E-state index is 0.283. The first-order valence-electron chi connectivity index (χ1n) is 4.26. The van der Waals surface area contributed by atoms with E-state index in [4.69, 9.17) is 0 Å². The van der Waals surface area contributed by atoms with Gasteiger partial charge in [-0.15, -0.1) is 0 Å². The van der Waals surface area contributed by atoms with Crippen molar-refractivity contribution in [2.75, 3.05) is 13.1 Å². The Morgan fingerprint density at radius 2 is 2.21 bits per heavy atom. The van der Waals surface area contributed by atoms with Crippen LogP contribution in [0.4, 0.5) is 5.69 Å². The van der Waals surface area contributed by atoms with E-state index in [1.807, 2.05) is 0 Å². The third kappa shape index (κ3) is 1.39. The molecule has 0 radical (unpaired) electrons. The number of hydrogen-bond acceptors (Lipinski definition) is 4. The number of nitrogens with zero attached hydrogens (tertiary/aromatic N) is 1. The zero-order valence-electron chi connectivity index (χ0n) is 7.32. The van der Waals surface area contributed by atoms with Crippen LogP contribution in [0.25, 0.3) is 0 Å². The maximum atomic E-state index is 11.0. The highest BCUT2D eigenvalue weighted by Crippen LogP contribution is 2.20. The van der Waals surface area contributed by atoms with Gasteiger partial charge >= 0.3 is 11.2 Å². The van der Waals surface area contributed by atoms with Crippen molar-refractivity contribution in [3.05, 3.63) is 38.3 Å². The molecule has 1 aromatic rings. The van der Waals surface area contributed by atoms with E-state index in [-0.39, 0.29) is 11.6 Å². The monoisotopic (exact) mass is 195 g/mol. The van der Waals surface area contributed by atoms with Crippen molar-refractivity contribution in [2.24, 2.45) is 0 Å².